The lowest BCUT2D eigenvalue weighted by atomic mass is 10.1. The topological polar surface area (TPSA) is 61.8 Å². The van der Waals surface area contributed by atoms with Crippen molar-refractivity contribution in [3.63, 3.8) is 0 Å². The minimum atomic E-state index is -0.423. The molecule has 112 valence electrons. The molecule has 0 radical (unpaired) electrons. The van der Waals surface area contributed by atoms with Gasteiger partial charge in [0.2, 0.25) is 0 Å². The highest BCUT2D eigenvalue weighted by atomic mass is 19.1. The van der Waals surface area contributed by atoms with E-state index < -0.39 is 5.82 Å². The molecule has 0 atom stereocenters. The molecule has 1 aromatic carbocycles. The predicted molar refractivity (Wildman–Crippen MR) is 76.4 cm³/mol. The molecule has 5 nitrogen and oxygen atoms in total. The summed E-state index contributed by atoms with van der Waals surface area (Å²) in [6.45, 7) is 2.02. The monoisotopic (exact) mass is 292 g/mol. The van der Waals surface area contributed by atoms with E-state index in [-0.39, 0.29) is 12.6 Å². The summed E-state index contributed by atoms with van der Waals surface area (Å²) < 4.78 is 18.5. The summed E-state index contributed by atoms with van der Waals surface area (Å²) in [6.07, 6.45) is 0.299. The van der Waals surface area contributed by atoms with Crippen LogP contribution in [0.15, 0.2) is 18.2 Å². The molecule has 1 saturated heterocycles. The maximum absolute atomic E-state index is 13.3. The van der Waals surface area contributed by atoms with Crippen molar-refractivity contribution >= 4 is 11.7 Å². The number of morpholine rings is 1. The number of anilines is 1. The zero-order chi connectivity index (χ0) is 15.1. The van der Waals surface area contributed by atoms with E-state index in [2.05, 4.69) is 17.2 Å². The van der Waals surface area contributed by atoms with Gasteiger partial charge in [-0.25, -0.2) is 9.18 Å². The largest absolute Gasteiger partial charge is 0.395 e. The van der Waals surface area contributed by atoms with Crippen LogP contribution in [0, 0.1) is 17.7 Å². The summed E-state index contributed by atoms with van der Waals surface area (Å²) in [5, 5.41) is 11.5. The Morgan fingerprint density at radius 1 is 1.43 bits per heavy atom. The van der Waals surface area contributed by atoms with Crippen molar-refractivity contribution in [3.05, 3.63) is 29.6 Å². The maximum Gasteiger partial charge on any atom is 0.322 e. The van der Waals surface area contributed by atoms with Gasteiger partial charge in [-0.05, 0) is 18.2 Å². The van der Waals surface area contributed by atoms with Gasteiger partial charge in [0.25, 0.3) is 0 Å². The number of urea groups is 1. The normalized spacial score (nSPS) is 14.3. The molecule has 1 fully saturated rings. The lowest BCUT2D eigenvalue weighted by Crippen LogP contribution is -2.43. The first-order valence-corrected chi connectivity index (χ1v) is 6.73. The number of nitrogens with one attached hydrogen (secondary N) is 1. The first kappa shape index (κ1) is 15.3. The van der Waals surface area contributed by atoms with Crippen LogP contribution in [0.3, 0.4) is 0 Å². The second kappa shape index (κ2) is 7.62. The fraction of sp³-hybridized carbons (Fsp3) is 0.400. The van der Waals surface area contributed by atoms with Crippen molar-refractivity contribution in [2.75, 3.05) is 38.2 Å². The van der Waals surface area contributed by atoms with Gasteiger partial charge >= 0.3 is 6.03 Å². The molecule has 0 aliphatic carbocycles. The van der Waals surface area contributed by atoms with E-state index in [4.69, 9.17) is 9.84 Å². The smallest absolute Gasteiger partial charge is 0.322 e. The van der Waals surface area contributed by atoms with Gasteiger partial charge in [-0.1, -0.05) is 11.8 Å². The molecule has 1 heterocycles. The zero-order valence-corrected chi connectivity index (χ0v) is 11.6. The predicted octanol–water partition coefficient (Wildman–Crippen LogP) is 1.42. The molecule has 2 N–H and O–H groups in total. The van der Waals surface area contributed by atoms with Crippen molar-refractivity contribution < 1.29 is 19.0 Å². The number of hydrogen-bond donors (Lipinski definition) is 2. The molecule has 1 aromatic rings. The van der Waals surface area contributed by atoms with Crippen molar-refractivity contribution in [1.82, 2.24) is 4.90 Å². The highest BCUT2D eigenvalue weighted by molar-refractivity contribution is 5.91. The van der Waals surface area contributed by atoms with Gasteiger partial charge in [0.15, 0.2) is 0 Å². The number of carbonyl (C=O) groups excluding carboxylic acids is 1. The summed E-state index contributed by atoms with van der Waals surface area (Å²) in [5.74, 6) is 5.05. The SMILES string of the molecule is O=C(Nc1ccc(F)cc1C#CCCO)N1CCOCC1. The first-order chi connectivity index (χ1) is 10.2. The number of nitrogens with zero attached hydrogens (tertiary/aromatic N) is 1. The number of aliphatic hydroxyl groups excluding tert-OH is 1. The molecular weight excluding hydrogens is 275 g/mol. The van der Waals surface area contributed by atoms with E-state index in [1.54, 1.807) is 4.90 Å². The third-order valence-corrected chi connectivity index (χ3v) is 2.98. The molecule has 0 unspecified atom stereocenters. The zero-order valence-electron chi connectivity index (χ0n) is 11.6. The summed E-state index contributed by atoms with van der Waals surface area (Å²) in [5.41, 5.74) is 0.850. The van der Waals surface area contributed by atoms with Gasteiger partial charge in [0, 0.05) is 19.5 Å². The summed E-state index contributed by atoms with van der Waals surface area (Å²) in [6, 6.07) is 3.76. The molecule has 2 amide bonds. The lowest BCUT2D eigenvalue weighted by Gasteiger charge is -2.27. The average molecular weight is 292 g/mol. The average Bonchev–Trinajstić information content (AvgIpc) is 2.51. The molecular formula is C15H17FN2O3. The van der Waals surface area contributed by atoms with Crippen LogP contribution in [0.2, 0.25) is 0 Å². The Bertz CT molecular complexity index is 560. The van der Waals surface area contributed by atoms with Crippen LogP contribution in [0.25, 0.3) is 0 Å². The van der Waals surface area contributed by atoms with E-state index in [1.165, 1.54) is 18.2 Å². The van der Waals surface area contributed by atoms with Gasteiger partial charge in [0.1, 0.15) is 5.82 Å². The highest BCUT2D eigenvalue weighted by Gasteiger charge is 2.17. The fourth-order valence-corrected chi connectivity index (χ4v) is 1.90. The van der Waals surface area contributed by atoms with Crippen LogP contribution in [-0.2, 0) is 4.74 Å². The van der Waals surface area contributed by atoms with Gasteiger partial charge in [-0.15, -0.1) is 0 Å². The number of carbonyl (C=O) groups is 1. The molecule has 21 heavy (non-hydrogen) atoms. The minimum Gasteiger partial charge on any atom is -0.395 e. The van der Waals surface area contributed by atoms with Crippen molar-refractivity contribution in [2.24, 2.45) is 0 Å². The Morgan fingerprint density at radius 2 is 2.19 bits per heavy atom. The fourth-order valence-electron chi connectivity index (χ4n) is 1.90. The van der Waals surface area contributed by atoms with Gasteiger partial charge in [-0.2, -0.15) is 0 Å². The van der Waals surface area contributed by atoms with E-state index in [1.807, 2.05) is 0 Å². The van der Waals surface area contributed by atoms with Crippen molar-refractivity contribution in [2.45, 2.75) is 6.42 Å². The third-order valence-electron chi connectivity index (χ3n) is 2.98. The summed E-state index contributed by atoms with van der Waals surface area (Å²) in [4.78, 5) is 13.7. The van der Waals surface area contributed by atoms with Crippen molar-refractivity contribution in [1.29, 1.82) is 0 Å². The Hall–Kier alpha value is -2.10. The van der Waals surface area contributed by atoms with E-state index in [0.717, 1.165) is 0 Å². The van der Waals surface area contributed by atoms with E-state index in [0.29, 0.717) is 44.0 Å². The van der Waals surface area contributed by atoms with Crippen molar-refractivity contribution in [3.8, 4) is 11.8 Å². The number of amides is 2. The Kier molecular flexibility index (Phi) is 5.55. The van der Waals surface area contributed by atoms with Crippen LogP contribution in [0.5, 0.6) is 0 Å². The molecule has 0 aromatic heterocycles. The van der Waals surface area contributed by atoms with Crippen LogP contribution < -0.4 is 5.32 Å². The quantitative estimate of drug-likeness (QED) is 0.811. The molecule has 1 aliphatic heterocycles. The summed E-state index contributed by atoms with van der Waals surface area (Å²) in [7, 11) is 0. The number of rotatable bonds is 2. The number of ether oxygens (including phenoxy) is 1. The molecule has 6 heteroatoms. The van der Waals surface area contributed by atoms with Gasteiger partial charge < -0.3 is 20.1 Å². The van der Waals surface area contributed by atoms with E-state index in [9.17, 15) is 9.18 Å². The Labute approximate surface area is 122 Å². The third kappa shape index (κ3) is 4.45. The lowest BCUT2D eigenvalue weighted by molar-refractivity contribution is 0.0564. The standard InChI is InChI=1S/C15H17FN2O3/c16-13-4-5-14(12(11-13)3-1-2-8-19)17-15(20)18-6-9-21-10-7-18/h4-5,11,19H,2,6-10H2,(H,17,20). The van der Waals surface area contributed by atoms with E-state index >= 15 is 0 Å². The van der Waals surface area contributed by atoms with Crippen LogP contribution in [-0.4, -0.2) is 48.9 Å². The molecule has 0 saturated carbocycles. The molecule has 0 spiro atoms. The van der Waals surface area contributed by atoms with Gasteiger partial charge in [-0.3, -0.25) is 0 Å². The highest BCUT2D eigenvalue weighted by Crippen LogP contribution is 2.17. The van der Waals surface area contributed by atoms with Gasteiger partial charge in [0.05, 0.1) is 31.1 Å². The number of halogens is 1. The Morgan fingerprint density at radius 3 is 2.90 bits per heavy atom. The maximum atomic E-state index is 13.3. The number of benzene rings is 1. The van der Waals surface area contributed by atoms with Crippen LogP contribution in [0.1, 0.15) is 12.0 Å². The number of hydrogen-bond acceptors (Lipinski definition) is 3. The van der Waals surface area contributed by atoms with Crippen LogP contribution >= 0.6 is 0 Å². The van der Waals surface area contributed by atoms with Crippen LogP contribution in [0.4, 0.5) is 14.9 Å². The molecule has 2 rings (SSSR count). The first-order valence-electron chi connectivity index (χ1n) is 6.73. The minimum absolute atomic E-state index is 0.0578. The molecule has 1 aliphatic rings. The second-order valence-corrected chi connectivity index (χ2v) is 4.49. The molecule has 0 bridgehead atoms. The number of aliphatic hydroxyl groups is 1. The summed E-state index contributed by atoms with van der Waals surface area (Å²) >= 11 is 0. The Balaban J connectivity index is 2.11. The second-order valence-electron chi connectivity index (χ2n) is 4.49.